The number of halogens is 2. The van der Waals surface area contributed by atoms with E-state index in [1.807, 2.05) is 13.1 Å². The third-order valence-electron chi connectivity index (χ3n) is 3.28. The lowest BCUT2D eigenvalue weighted by atomic mass is 9.96. The van der Waals surface area contributed by atoms with Gasteiger partial charge in [0.05, 0.1) is 0 Å². The van der Waals surface area contributed by atoms with Crippen LogP contribution in [0.1, 0.15) is 30.1 Å². The number of aromatic nitrogens is 4. The minimum Gasteiger partial charge on any atom is -0.341 e. The zero-order chi connectivity index (χ0) is 11.7. The molecule has 3 rings (SSSR count). The van der Waals surface area contributed by atoms with Gasteiger partial charge < -0.3 is 10.3 Å². The smallest absolute Gasteiger partial charge is 0.158 e. The molecule has 1 saturated heterocycles. The van der Waals surface area contributed by atoms with Gasteiger partial charge in [0.25, 0.3) is 0 Å². The van der Waals surface area contributed by atoms with E-state index >= 15 is 0 Å². The van der Waals surface area contributed by atoms with Crippen molar-refractivity contribution in [2.75, 3.05) is 13.1 Å². The number of H-pyrrole nitrogens is 2. The maximum atomic E-state index is 4.33. The third-order valence-corrected chi connectivity index (χ3v) is 3.28. The van der Waals surface area contributed by atoms with Crippen LogP contribution >= 0.6 is 24.8 Å². The summed E-state index contributed by atoms with van der Waals surface area (Å²) in [6, 6.07) is 2.11. The fraction of sp³-hybridized carbons (Fsp3) is 0.500. The zero-order valence-electron chi connectivity index (χ0n) is 10.8. The van der Waals surface area contributed by atoms with E-state index in [9.17, 15) is 0 Å². The highest BCUT2D eigenvalue weighted by Crippen LogP contribution is 2.24. The quantitative estimate of drug-likeness (QED) is 0.798. The van der Waals surface area contributed by atoms with Gasteiger partial charge in [-0.1, -0.05) is 0 Å². The monoisotopic (exact) mass is 303 g/mol. The Hall–Kier alpha value is -1.04. The average molecular weight is 304 g/mol. The SMILES string of the molecule is Cc1cnc(-c2cc([C@H]3CCCNC3)[nH]n2)[nH]1.Cl.Cl. The molecule has 0 unspecified atom stereocenters. The molecule has 0 amide bonds. The summed E-state index contributed by atoms with van der Waals surface area (Å²) in [4.78, 5) is 7.49. The normalized spacial score (nSPS) is 18.5. The Balaban J connectivity index is 0.000000902. The van der Waals surface area contributed by atoms with Gasteiger partial charge in [-0.25, -0.2) is 4.98 Å². The molecule has 1 fully saturated rings. The lowest BCUT2D eigenvalue weighted by Gasteiger charge is -2.21. The highest BCUT2D eigenvalue weighted by atomic mass is 35.5. The molecule has 1 aliphatic heterocycles. The van der Waals surface area contributed by atoms with E-state index < -0.39 is 0 Å². The third kappa shape index (κ3) is 3.49. The van der Waals surface area contributed by atoms with Gasteiger partial charge in [-0.3, -0.25) is 5.10 Å². The van der Waals surface area contributed by atoms with Crippen molar-refractivity contribution in [1.29, 1.82) is 0 Å². The minimum atomic E-state index is 0. The summed E-state index contributed by atoms with van der Waals surface area (Å²) in [5.74, 6) is 1.40. The average Bonchev–Trinajstić information content (AvgIpc) is 2.98. The van der Waals surface area contributed by atoms with Crippen molar-refractivity contribution in [2.45, 2.75) is 25.7 Å². The number of hydrogen-bond acceptors (Lipinski definition) is 3. The van der Waals surface area contributed by atoms with E-state index in [1.54, 1.807) is 0 Å². The second-order valence-electron chi connectivity index (χ2n) is 4.67. The van der Waals surface area contributed by atoms with Crippen molar-refractivity contribution in [3.63, 3.8) is 0 Å². The lowest BCUT2D eigenvalue weighted by Crippen LogP contribution is -2.28. The lowest BCUT2D eigenvalue weighted by molar-refractivity contribution is 0.454. The summed E-state index contributed by atoms with van der Waals surface area (Å²) >= 11 is 0. The summed E-state index contributed by atoms with van der Waals surface area (Å²) in [6.45, 7) is 4.17. The first-order valence-electron chi connectivity index (χ1n) is 6.11. The van der Waals surface area contributed by atoms with Gasteiger partial charge in [0.2, 0.25) is 0 Å². The van der Waals surface area contributed by atoms with E-state index in [1.165, 1.54) is 18.5 Å². The molecular weight excluding hydrogens is 285 g/mol. The molecule has 3 N–H and O–H groups in total. The molecule has 2 aromatic heterocycles. The van der Waals surface area contributed by atoms with Crippen LogP contribution in [-0.2, 0) is 0 Å². The van der Waals surface area contributed by atoms with E-state index in [4.69, 9.17) is 0 Å². The fourth-order valence-corrected chi connectivity index (χ4v) is 2.33. The molecule has 0 aliphatic carbocycles. The zero-order valence-corrected chi connectivity index (χ0v) is 12.4. The van der Waals surface area contributed by atoms with Gasteiger partial charge in [-0.15, -0.1) is 24.8 Å². The Kier molecular flexibility index (Phi) is 5.85. The number of rotatable bonds is 2. The molecule has 0 radical (unpaired) electrons. The van der Waals surface area contributed by atoms with Crippen LogP contribution in [0, 0.1) is 6.92 Å². The molecule has 5 nitrogen and oxygen atoms in total. The first-order chi connectivity index (χ1) is 8.33. The van der Waals surface area contributed by atoms with Crippen LogP contribution in [0.2, 0.25) is 0 Å². The minimum absolute atomic E-state index is 0. The number of nitrogens with one attached hydrogen (secondary N) is 3. The first kappa shape index (κ1) is 16.0. The standard InChI is InChI=1S/C12H17N5.2ClH/c1-8-6-14-12(15-8)11-5-10(16-17-11)9-3-2-4-13-7-9;;/h5-6,9,13H,2-4,7H2,1H3,(H,14,15)(H,16,17);2*1H/t9-;;/m0../s1. The Labute approximate surface area is 124 Å². The second-order valence-corrected chi connectivity index (χ2v) is 4.67. The molecule has 0 spiro atoms. The number of aromatic amines is 2. The van der Waals surface area contributed by atoms with Crippen LogP contribution in [0.15, 0.2) is 12.3 Å². The number of nitrogens with zero attached hydrogens (tertiary/aromatic N) is 2. The molecule has 19 heavy (non-hydrogen) atoms. The fourth-order valence-electron chi connectivity index (χ4n) is 2.33. The van der Waals surface area contributed by atoms with Crippen LogP contribution in [-0.4, -0.2) is 33.3 Å². The van der Waals surface area contributed by atoms with E-state index in [2.05, 4.69) is 31.5 Å². The van der Waals surface area contributed by atoms with E-state index in [0.29, 0.717) is 5.92 Å². The highest BCUT2D eigenvalue weighted by Gasteiger charge is 2.18. The molecule has 1 aliphatic rings. The number of aryl methyl sites for hydroxylation is 1. The van der Waals surface area contributed by atoms with Crippen LogP contribution in [0.5, 0.6) is 0 Å². The van der Waals surface area contributed by atoms with Crippen molar-refractivity contribution in [3.8, 4) is 11.5 Å². The van der Waals surface area contributed by atoms with Crippen molar-refractivity contribution in [2.24, 2.45) is 0 Å². The van der Waals surface area contributed by atoms with Gasteiger partial charge in [-0.05, 0) is 32.4 Å². The summed E-state index contributed by atoms with van der Waals surface area (Å²) in [5.41, 5.74) is 3.17. The molecule has 0 aromatic carbocycles. The molecule has 0 saturated carbocycles. The predicted molar refractivity (Wildman–Crippen MR) is 80.2 cm³/mol. The Morgan fingerprint density at radius 3 is 2.79 bits per heavy atom. The summed E-state index contributed by atoms with van der Waals surface area (Å²) in [6.07, 6.45) is 4.29. The van der Waals surface area contributed by atoms with Crippen LogP contribution in [0.3, 0.4) is 0 Å². The Bertz CT molecular complexity index is 502. The van der Waals surface area contributed by atoms with Gasteiger partial charge in [0, 0.05) is 30.0 Å². The van der Waals surface area contributed by atoms with Gasteiger partial charge in [-0.2, -0.15) is 5.10 Å². The number of hydrogen-bond donors (Lipinski definition) is 3. The molecule has 1 atom stereocenters. The summed E-state index contributed by atoms with van der Waals surface area (Å²) in [5, 5.41) is 10.9. The van der Waals surface area contributed by atoms with Crippen LogP contribution in [0.4, 0.5) is 0 Å². The highest BCUT2D eigenvalue weighted by molar-refractivity contribution is 5.85. The maximum Gasteiger partial charge on any atom is 0.158 e. The maximum absolute atomic E-state index is 4.33. The molecule has 0 bridgehead atoms. The summed E-state index contributed by atoms with van der Waals surface area (Å²) in [7, 11) is 0. The predicted octanol–water partition coefficient (Wildman–Crippen LogP) is 2.42. The van der Waals surface area contributed by atoms with Gasteiger partial charge in [0.1, 0.15) is 5.69 Å². The van der Waals surface area contributed by atoms with E-state index in [0.717, 1.165) is 30.3 Å². The number of piperidine rings is 1. The van der Waals surface area contributed by atoms with Crippen LogP contribution < -0.4 is 5.32 Å². The van der Waals surface area contributed by atoms with Gasteiger partial charge >= 0.3 is 0 Å². The molecule has 3 heterocycles. The van der Waals surface area contributed by atoms with Crippen LogP contribution in [0.25, 0.3) is 11.5 Å². The molecular formula is C12H19Cl2N5. The van der Waals surface area contributed by atoms with Crippen molar-refractivity contribution in [1.82, 2.24) is 25.5 Å². The van der Waals surface area contributed by atoms with Crippen molar-refractivity contribution < 1.29 is 0 Å². The molecule has 106 valence electrons. The Morgan fingerprint density at radius 1 is 1.32 bits per heavy atom. The largest absolute Gasteiger partial charge is 0.341 e. The van der Waals surface area contributed by atoms with Crippen molar-refractivity contribution in [3.05, 3.63) is 23.7 Å². The topological polar surface area (TPSA) is 69.4 Å². The molecule has 2 aromatic rings. The molecule has 7 heteroatoms. The van der Waals surface area contributed by atoms with Crippen molar-refractivity contribution >= 4 is 24.8 Å². The first-order valence-corrected chi connectivity index (χ1v) is 6.11. The van der Waals surface area contributed by atoms with E-state index in [-0.39, 0.29) is 24.8 Å². The number of imidazole rings is 1. The second kappa shape index (κ2) is 6.93. The van der Waals surface area contributed by atoms with Gasteiger partial charge in [0.15, 0.2) is 5.82 Å². The summed E-state index contributed by atoms with van der Waals surface area (Å²) < 4.78 is 0. The Morgan fingerprint density at radius 2 is 2.16 bits per heavy atom.